The molecule has 1 heterocycles. The van der Waals surface area contributed by atoms with E-state index in [9.17, 15) is 19.5 Å². The van der Waals surface area contributed by atoms with Crippen LogP contribution < -0.4 is 11.1 Å². The highest BCUT2D eigenvalue weighted by atomic mass is 16.4. The monoisotopic (exact) mass is 342 g/mol. The van der Waals surface area contributed by atoms with E-state index in [2.05, 4.69) is 5.32 Å². The molecule has 3 atom stereocenters. The lowest BCUT2D eigenvalue weighted by molar-refractivity contribution is -0.141. The zero-order chi connectivity index (χ0) is 18.6. The summed E-state index contributed by atoms with van der Waals surface area (Å²) in [4.78, 5) is 39.1. The second kappa shape index (κ2) is 8.32. The molecule has 0 aliphatic carbocycles. The summed E-state index contributed by atoms with van der Waals surface area (Å²) < 4.78 is 0. The summed E-state index contributed by atoms with van der Waals surface area (Å²) in [5.74, 6) is -2.01. The molecule has 8 heteroatoms. The van der Waals surface area contributed by atoms with Gasteiger partial charge in [-0.05, 0) is 27.7 Å². The van der Waals surface area contributed by atoms with E-state index >= 15 is 0 Å². The van der Waals surface area contributed by atoms with Crippen molar-refractivity contribution < 1.29 is 19.5 Å². The van der Waals surface area contributed by atoms with E-state index in [1.807, 2.05) is 27.7 Å². The number of rotatable bonds is 6. The third kappa shape index (κ3) is 4.37. The van der Waals surface area contributed by atoms with E-state index in [-0.39, 0.29) is 37.1 Å². The molecule has 1 aliphatic rings. The summed E-state index contributed by atoms with van der Waals surface area (Å²) in [5, 5.41) is 12.1. The van der Waals surface area contributed by atoms with Gasteiger partial charge in [0.15, 0.2) is 0 Å². The number of hydrogen-bond donors (Lipinski definition) is 3. The largest absolute Gasteiger partial charge is 0.481 e. The summed E-state index contributed by atoms with van der Waals surface area (Å²) >= 11 is 0. The number of carboxylic acids is 1. The maximum atomic E-state index is 13.0. The number of carboxylic acid groups (broad SMARTS) is 1. The minimum atomic E-state index is -1.02. The van der Waals surface area contributed by atoms with Gasteiger partial charge >= 0.3 is 12.0 Å². The molecule has 0 aromatic rings. The Morgan fingerprint density at radius 1 is 1.25 bits per heavy atom. The average molecular weight is 342 g/mol. The molecule has 0 aromatic heterocycles. The Bertz CT molecular complexity index is 473. The Labute approximate surface area is 143 Å². The fourth-order valence-electron chi connectivity index (χ4n) is 3.18. The van der Waals surface area contributed by atoms with Crippen molar-refractivity contribution in [3.05, 3.63) is 0 Å². The van der Waals surface area contributed by atoms with Crippen LogP contribution in [0.1, 0.15) is 41.0 Å². The maximum Gasteiger partial charge on any atom is 0.320 e. The molecule has 138 valence electrons. The Morgan fingerprint density at radius 3 is 2.21 bits per heavy atom. The van der Waals surface area contributed by atoms with Gasteiger partial charge in [0.25, 0.3) is 0 Å². The number of likely N-dealkylation sites (tertiary alicyclic amines) is 1. The van der Waals surface area contributed by atoms with Crippen LogP contribution in [-0.2, 0) is 9.59 Å². The Morgan fingerprint density at radius 2 is 1.79 bits per heavy atom. The molecule has 8 nitrogen and oxygen atoms in total. The molecular formula is C16H30N4O4. The van der Waals surface area contributed by atoms with Gasteiger partial charge in [0, 0.05) is 37.6 Å². The highest BCUT2D eigenvalue weighted by Crippen LogP contribution is 2.25. The quantitative estimate of drug-likeness (QED) is 0.648. The number of carbonyl (C=O) groups excluding carboxylic acids is 2. The first-order chi connectivity index (χ1) is 11.1. The zero-order valence-electron chi connectivity index (χ0n) is 15.2. The van der Waals surface area contributed by atoms with Crippen LogP contribution in [0, 0.1) is 5.92 Å². The van der Waals surface area contributed by atoms with Gasteiger partial charge in [-0.3, -0.25) is 9.59 Å². The van der Waals surface area contributed by atoms with Crippen LogP contribution in [0.2, 0.25) is 0 Å². The molecule has 1 fully saturated rings. The van der Waals surface area contributed by atoms with E-state index in [4.69, 9.17) is 5.73 Å². The maximum absolute atomic E-state index is 13.0. The average Bonchev–Trinajstić information content (AvgIpc) is 2.81. The van der Waals surface area contributed by atoms with Crippen molar-refractivity contribution in [1.82, 2.24) is 15.1 Å². The molecule has 0 aromatic carbocycles. The molecule has 24 heavy (non-hydrogen) atoms. The predicted molar refractivity (Wildman–Crippen MR) is 90.4 cm³/mol. The highest BCUT2D eigenvalue weighted by Gasteiger charge is 2.46. The lowest BCUT2D eigenvalue weighted by atomic mass is 10.00. The van der Waals surface area contributed by atoms with Crippen molar-refractivity contribution in [2.45, 2.75) is 65.2 Å². The van der Waals surface area contributed by atoms with Gasteiger partial charge in [-0.25, -0.2) is 4.79 Å². The van der Waals surface area contributed by atoms with Crippen molar-refractivity contribution in [3.8, 4) is 0 Å². The lowest BCUT2D eigenvalue weighted by Gasteiger charge is -2.37. The van der Waals surface area contributed by atoms with Gasteiger partial charge in [0.05, 0.1) is 12.0 Å². The van der Waals surface area contributed by atoms with Gasteiger partial charge in [0.2, 0.25) is 5.91 Å². The molecule has 3 amide bonds. The minimum absolute atomic E-state index is 0.0246. The van der Waals surface area contributed by atoms with E-state index < -0.39 is 24.0 Å². The lowest BCUT2D eigenvalue weighted by Crippen LogP contribution is -2.56. The molecule has 0 bridgehead atoms. The summed E-state index contributed by atoms with van der Waals surface area (Å²) in [6.07, 6.45) is 0.322. The Hall–Kier alpha value is -1.83. The Balaban J connectivity index is 3.03. The first-order valence-electron chi connectivity index (χ1n) is 8.45. The van der Waals surface area contributed by atoms with E-state index in [1.165, 1.54) is 4.90 Å². The van der Waals surface area contributed by atoms with Gasteiger partial charge in [-0.2, -0.15) is 0 Å². The molecule has 1 rings (SSSR count). The normalized spacial score (nSPS) is 23.7. The smallest absolute Gasteiger partial charge is 0.320 e. The van der Waals surface area contributed by atoms with Crippen molar-refractivity contribution in [2.24, 2.45) is 11.7 Å². The van der Waals surface area contributed by atoms with Crippen molar-refractivity contribution in [1.29, 1.82) is 0 Å². The molecule has 0 radical (unpaired) electrons. The van der Waals surface area contributed by atoms with E-state index in [0.29, 0.717) is 6.42 Å². The van der Waals surface area contributed by atoms with Crippen molar-refractivity contribution >= 4 is 17.9 Å². The SMILES string of the molecule is CCC(=O)NC[C@H]1[C@H](N)[C@H](C(=O)O)CN1C(=O)N(C(C)C)C(C)C. The zero-order valence-corrected chi connectivity index (χ0v) is 15.2. The van der Waals surface area contributed by atoms with Crippen LogP contribution in [0.5, 0.6) is 0 Å². The first-order valence-corrected chi connectivity index (χ1v) is 8.45. The molecular weight excluding hydrogens is 312 g/mol. The highest BCUT2D eigenvalue weighted by molar-refractivity contribution is 5.80. The van der Waals surface area contributed by atoms with E-state index in [1.54, 1.807) is 11.8 Å². The van der Waals surface area contributed by atoms with Crippen LogP contribution >= 0.6 is 0 Å². The number of hydrogen-bond acceptors (Lipinski definition) is 4. The fourth-order valence-corrected chi connectivity index (χ4v) is 3.18. The van der Waals surface area contributed by atoms with Crippen LogP contribution in [0.25, 0.3) is 0 Å². The standard InChI is InChI=1S/C16H30N4O4/c1-6-13(21)18-7-12-14(17)11(15(22)23)8-19(12)16(24)20(9(2)3)10(4)5/h9-12,14H,6-8,17H2,1-5H3,(H,18,21)(H,22,23)/t11-,12+,14-/m1/s1. The number of carbonyl (C=O) groups is 3. The van der Waals surface area contributed by atoms with Gasteiger partial charge in [-0.15, -0.1) is 0 Å². The van der Waals surface area contributed by atoms with Crippen molar-refractivity contribution in [3.63, 3.8) is 0 Å². The van der Waals surface area contributed by atoms with Crippen LogP contribution in [0.3, 0.4) is 0 Å². The number of aliphatic carboxylic acids is 1. The molecule has 0 unspecified atom stereocenters. The molecule has 1 aliphatic heterocycles. The van der Waals surface area contributed by atoms with Gasteiger partial charge in [0.1, 0.15) is 0 Å². The molecule has 0 spiro atoms. The first kappa shape index (κ1) is 20.2. The van der Waals surface area contributed by atoms with Crippen LogP contribution in [0.15, 0.2) is 0 Å². The predicted octanol–water partition coefficient (Wildman–Crippen LogP) is 0.464. The third-order valence-corrected chi connectivity index (χ3v) is 4.43. The number of nitrogens with zero attached hydrogens (tertiary/aromatic N) is 2. The summed E-state index contributed by atoms with van der Waals surface area (Å²) in [6.45, 7) is 9.59. The number of urea groups is 1. The van der Waals surface area contributed by atoms with Crippen molar-refractivity contribution in [2.75, 3.05) is 13.1 Å². The third-order valence-electron chi connectivity index (χ3n) is 4.43. The summed E-state index contributed by atoms with van der Waals surface area (Å²) in [7, 11) is 0. The summed E-state index contributed by atoms with van der Waals surface area (Å²) in [6, 6.07) is -1.54. The number of nitrogens with two attached hydrogens (primary N) is 1. The molecule has 1 saturated heterocycles. The van der Waals surface area contributed by atoms with E-state index in [0.717, 1.165) is 0 Å². The van der Waals surface area contributed by atoms with Gasteiger partial charge < -0.3 is 26.0 Å². The van der Waals surface area contributed by atoms with Crippen LogP contribution in [-0.4, -0.2) is 70.1 Å². The number of amides is 3. The minimum Gasteiger partial charge on any atom is -0.481 e. The second-order valence-corrected chi connectivity index (χ2v) is 6.78. The Kier molecular flexibility index (Phi) is 7.01. The molecule has 0 saturated carbocycles. The van der Waals surface area contributed by atoms with Gasteiger partial charge in [-0.1, -0.05) is 6.92 Å². The topological polar surface area (TPSA) is 116 Å². The second-order valence-electron chi connectivity index (χ2n) is 6.78. The van der Waals surface area contributed by atoms with Crippen LogP contribution in [0.4, 0.5) is 4.79 Å². The fraction of sp³-hybridized carbons (Fsp3) is 0.812. The molecule has 4 N–H and O–H groups in total. The summed E-state index contributed by atoms with van der Waals surface area (Å²) in [5.41, 5.74) is 6.09. The number of nitrogens with one attached hydrogen (secondary N) is 1.